The maximum atomic E-state index is 12.7. The Morgan fingerprint density at radius 1 is 1.16 bits per heavy atom. The van der Waals surface area contributed by atoms with E-state index in [4.69, 9.17) is 11.6 Å². The topological polar surface area (TPSA) is 49.4 Å². The summed E-state index contributed by atoms with van der Waals surface area (Å²) in [6.45, 7) is 4.52. The van der Waals surface area contributed by atoms with Gasteiger partial charge in [-0.25, -0.2) is 0 Å². The van der Waals surface area contributed by atoms with Crippen molar-refractivity contribution in [1.82, 2.24) is 0 Å². The molecule has 1 aliphatic rings. The van der Waals surface area contributed by atoms with Gasteiger partial charge in [-0.05, 0) is 29.7 Å². The second kappa shape index (κ2) is 7.28. The molecule has 0 aromatic heterocycles. The minimum absolute atomic E-state index is 0.0783. The molecule has 1 saturated heterocycles. The molecule has 2 amide bonds. The van der Waals surface area contributed by atoms with Crippen LogP contribution in [0.1, 0.15) is 31.7 Å². The molecule has 1 aliphatic heterocycles. The first-order valence-electron chi connectivity index (χ1n) is 8.42. The van der Waals surface area contributed by atoms with E-state index in [0.29, 0.717) is 23.2 Å². The van der Waals surface area contributed by atoms with Gasteiger partial charge in [0.1, 0.15) is 0 Å². The molecular formula is C20H21ClN2O2. The van der Waals surface area contributed by atoms with Crippen molar-refractivity contribution in [2.24, 2.45) is 5.92 Å². The highest BCUT2D eigenvalue weighted by Gasteiger charge is 2.36. The predicted molar refractivity (Wildman–Crippen MR) is 101 cm³/mol. The van der Waals surface area contributed by atoms with Crippen LogP contribution in [-0.4, -0.2) is 18.4 Å². The summed E-state index contributed by atoms with van der Waals surface area (Å²) in [4.78, 5) is 26.6. The molecule has 0 aliphatic carbocycles. The summed E-state index contributed by atoms with van der Waals surface area (Å²) in [6.07, 6.45) is 0.195. The number of amides is 2. The lowest BCUT2D eigenvalue weighted by Crippen LogP contribution is -2.28. The van der Waals surface area contributed by atoms with E-state index in [1.54, 1.807) is 17.0 Å². The van der Waals surface area contributed by atoms with Crippen molar-refractivity contribution in [3.63, 3.8) is 0 Å². The Labute approximate surface area is 152 Å². The van der Waals surface area contributed by atoms with E-state index in [1.807, 2.05) is 36.4 Å². The Balaban J connectivity index is 1.75. The average Bonchev–Trinajstić information content (AvgIpc) is 2.97. The number of para-hydroxylation sites is 2. The van der Waals surface area contributed by atoms with Crippen LogP contribution in [-0.2, 0) is 9.59 Å². The van der Waals surface area contributed by atoms with Crippen LogP contribution in [0.3, 0.4) is 0 Å². The Hall–Kier alpha value is -2.33. The first-order valence-corrected chi connectivity index (χ1v) is 8.80. The molecule has 0 unspecified atom stereocenters. The van der Waals surface area contributed by atoms with Gasteiger partial charge in [-0.3, -0.25) is 9.59 Å². The molecule has 0 spiro atoms. The van der Waals surface area contributed by atoms with Gasteiger partial charge < -0.3 is 10.2 Å². The highest BCUT2D eigenvalue weighted by Crippen LogP contribution is 2.32. The Morgan fingerprint density at radius 2 is 1.84 bits per heavy atom. The largest absolute Gasteiger partial charge is 0.326 e. The van der Waals surface area contributed by atoms with Crippen LogP contribution in [0.15, 0.2) is 48.5 Å². The zero-order valence-electron chi connectivity index (χ0n) is 14.3. The minimum atomic E-state index is -0.385. The van der Waals surface area contributed by atoms with Gasteiger partial charge in [0.05, 0.1) is 16.6 Å². The van der Waals surface area contributed by atoms with Gasteiger partial charge in [0.25, 0.3) is 0 Å². The number of hydrogen-bond acceptors (Lipinski definition) is 2. The number of nitrogens with one attached hydrogen (secondary N) is 1. The van der Waals surface area contributed by atoms with Gasteiger partial charge in [-0.2, -0.15) is 0 Å². The van der Waals surface area contributed by atoms with Gasteiger partial charge >= 0.3 is 0 Å². The standard InChI is InChI=1S/C20H21ClN2O2/c1-13(2)15-7-3-5-9-17(15)22-20(25)14-11-19(24)23(12-14)18-10-6-4-8-16(18)21/h3-10,13-14H,11-12H2,1-2H3,(H,22,25)/t14-/m1/s1. The van der Waals surface area contributed by atoms with Crippen LogP contribution in [0, 0.1) is 5.92 Å². The molecule has 0 saturated carbocycles. The Bertz CT molecular complexity index is 804. The van der Waals surface area contributed by atoms with E-state index in [9.17, 15) is 9.59 Å². The Morgan fingerprint density at radius 3 is 2.56 bits per heavy atom. The van der Waals surface area contributed by atoms with Gasteiger partial charge in [0.2, 0.25) is 11.8 Å². The molecule has 1 N–H and O–H groups in total. The highest BCUT2D eigenvalue weighted by atomic mass is 35.5. The summed E-state index contributed by atoms with van der Waals surface area (Å²) in [6, 6.07) is 15.0. The van der Waals surface area contributed by atoms with Gasteiger partial charge in [-0.15, -0.1) is 0 Å². The SMILES string of the molecule is CC(C)c1ccccc1NC(=O)[C@@H]1CC(=O)N(c2ccccc2Cl)C1. The number of nitrogens with zero attached hydrogens (tertiary/aromatic N) is 1. The van der Waals surface area contributed by atoms with Crippen molar-refractivity contribution in [2.45, 2.75) is 26.2 Å². The third-order valence-electron chi connectivity index (χ3n) is 4.48. The summed E-state index contributed by atoms with van der Waals surface area (Å²) in [5, 5.41) is 3.51. The van der Waals surface area contributed by atoms with Crippen LogP contribution in [0.5, 0.6) is 0 Å². The van der Waals surface area contributed by atoms with Crippen molar-refractivity contribution in [3.05, 3.63) is 59.1 Å². The smallest absolute Gasteiger partial charge is 0.229 e. The molecular weight excluding hydrogens is 336 g/mol. The zero-order chi connectivity index (χ0) is 18.0. The first kappa shape index (κ1) is 17.5. The van der Waals surface area contributed by atoms with Crippen LogP contribution < -0.4 is 10.2 Å². The number of hydrogen-bond donors (Lipinski definition) is 1. The van der Waals surface area contributed by atoms with Crippen molar-refractivity contribution in [1.29, 1.82) is 0 Å². The maximum absolute atomic E-state index is 12.7. The fourth-order valence-corrected chi connectivity index (χ4v) is 3.37. The first-order chi connectivity index (χ1) is 12.0. The van der Waals surface area contributed by atoms with Gasteiger partial charge in [0.15, 0.2) is 0 Å². The zero-order valence-corrected chi connectivity index (χ0v) is 15.1. The van der Waals surface area contributed by atoms with E-state index in [-0.39, 0.29) is 24.2 Å². The van der Waals surface area contributed by atoms with E-state index in [1.165, 1.54) is 0 Å². The summed E-state index contributed by atoms with van der Waals surface area (Å²) >= 11 is 6.19. The van der Waals surface area contributed by atoms with E-state index in [0.717, 1.165) is 11.3 Å². The fraction of sp³-hybridized carbons (Fsp3) is 0.300. The third kappa shape index (κ3) is 3.69. The summed E-state index contributed by atoms with van der Waals surface area (Å²) in [5.74, 6) is -0.285. The lowest BCUT2D eigenvalue weighted by atomic mass is 10.0. The van der Waals surface area contributed by atoms with Crippen molar-refractivity contribution in [3.8, 4) is 0 Å². The molecule has 1 atom stereocenters. The molecule has 1 heterocycles. The van der Waals surface area contributed by atoms with Crippen molar-refractivity contribution >= 4 is 34.8 Å². The van der Waals surface area contributed by atoms with E-state index in [2.05, 4.69) is 19.2 Å². The van der Waals surface area contributed by atoms with Crippen LogP contribution in [0.4, 0.5) is 11.4 Å². The number of halogens is 1. The molecule has 5 heteroatoms. The number of carbonyl (C=O) groups excluding carboxylic acids is 2. The van der Waals surface area contributed by atoms with Crippen LogP contribution >= 0.6 is 11.6 Å². The van der Waals surface area contributed by atoms with Gasteiger partial charge in [0, 0.05) is 18.7 Å². The van der Waals surface area contributed by atoms with Crippen LogP contribution in [0.2, 0.25) is 5.02 Å². The molecule has 4 nitrogen and oxygen atoms in total. The summed E-state index contributed by atoms with van der Waals surface area (Å²) < 4.78 is 0. The Kier molecular flexibility index (Phi) is 5.09. The van der Waals surface area contributed by atoms with Gasteiger partial charge in [-0.1, -0.05) is 55.8 Å². The van der Waals surface area contributed by atoms with Crippen molar-refractivity contribution < 1.29 is 9.59 Å². The molecule has 25 heavy (non-hydrogen) atoms. The van der Waals surface area contributed by atoms with E-state index < -0.39 is 0 Å². The molecule has 0 bridgehead atoms. The maximum Gasteiger partial charge on any atom is 0.229 e. The second-order valence-electron chi connectivity index (χ2n) is 6.59. The van der Waals surface area contributed by atoms with Crippen LogP contribution in [0.25, 0.3) is 0 Å². The molecule has 130 valence electrons. The lowest BCUT2D eigenvalue weighted by molar-refractivity contribution is -0.122. The normalized spacial score (nSPS) is 17.2. The third-order valence-corrected chi connectivity index (χ3v) is 4.80. The van der Waals surface area contributed by atoms with E-state index >= 15 is 0 Å². The summed E-state index contributed by atoms with van der Waals surface area (Å²) in [5.41, 5.74) is 2.56. The number of rotatable bonds is 4. The predicted octanol–water partition coefficient (Wildman–Crippen LogP) is 4.46. The average molecular weight is 357 g/mol. The fourth-order valence-electron chi connectivity index (χ4n) is 3.14. The second-order valence-corrected chi connectivity index (χ2v) is 7.00. The number of anilines is 2. The molecule has 0 radical (unpaired) electrons. The lowest BCUT2D eigenvalue weighted by Gasteiger charge is -2.18. The molecule has 2 aromatic rings. The minimum Gasteiger partial charge on any atom is -0.326 e. The molecule has 1 fully saturated rings. The van der Waals surface area contributed by atoms with Crippen molar-refractivity contribution in [2.75, 3.05) is 16.8 Å². The molecule has 3 rings (SSSR count). The number of benzene rings is 2. The quantitative estimate of drug-likeness (QED) is 0.879. The number of carbonyl (C=O) groups is 2. The summed E-state index contributed by atoms with van der Waals surface area (Å²) in [7, 11) is 0. The monoisotopic (exact) mass is 356 g/mol. The highest BCUT2D eigenvalue weighted by molar-refractivity contribution is 6.33. The molecule has 2 aromatic carbocycles.